The molecular weight excluding hydrogens is 141 g/mol. The molecule has 0 aliphatic heterocycles. The first-order chi connectivity index (χ1) is 4.02. The highest BCUT2D eigenvalue weighted by Crippen LogP contribution is 2.50. The van der Waals surface area contributed by atoms with Crippen molar-refractivity contribution in [1.82, 2.24) is 0 Å². The minimum absolute atomic E-state index is 0.634. The quantitative estimate of drug-likeness (QED) is 0.548. The molecular formula is C6H13F2P. The van der Waals surface area contributed by atoms with Gasteiger partial charge in [0.05, 0.1) is 0 Å². The molecule has 0 aliphatic rings. The van der Waals surface area contributed by atoms with Gasteiger partial charge in [-0.2, -0.15) is 0 Å². The average molecular weight is 154 g/mol. The van der Waals surface area contributed by atoms with Gasteiger partial charge in [-0.1, -0.05) is 13.8 Å². The smallest absolute Gasteiger partial charge is 0.202 e. The molecule has 0 atom stereocenters. The normalized spacial score (nSPS) is 12.7. The van der Waals surface area contributed by atoms with Crippen molar-refractivity contribution in [3.63, 3.8) is 0 Å². The molecule has 0 radical (unpaired) electrons. The third kappa shape index (κ3) is 3.10. The van der Waals surface area contributed by atoms with Crippen molar-refractivity contribution in [1.29, 1.82) is 0 Å². The van der Waals surface area contributed by atoms with Crippen LogP contribution in [0.15, 0.2) is 0 Å². The van der Waals surface area contributed by atoms with Gasteiger partial charge >= 0.3 is 0 Å². The SMILES string of the molecule is CCP(CC)C(C)(F)F. The summed E-state index contributed by atoms with van der Waals surface area (Å²) in [4.78, 5) is 0. The van der Waals surface area contributed by atoms with E-state index in [-0.39, 0.29) is 0 Å². The van der Waals surface area contributed by atoms with Crippen LogP contribution in [0.1, 0.15) is 20.8 Å². The fraction of sp³-hybridized carbons (Fsp3) is 1.00. The Morgan fingerprint density at radius 1 is 1.22 bits per heavy atom. The van der Waals surface area contributed by atoms with E-state index in [1.807, 2.05) is 13.8 Å². The first-order valence-electron chi connectivity index (χ1n) is 3.15. The van der Waals surface area contributed by atoms with Crippen molar-refractivity contribution in [3.05, 3.63) is 0 Å². The van der Waals surface area contributed by atoms with Crippen LogP contribution in [0.4, 0.5) is 8.78 Å². The van der Waals surface area contributed by atoms with Crippen molar-refractivity contribution >= 4 is 7.92 Å². The minimum atomic E-state index is -2.42. The first kappa shape index (κ1) is 9.29. The summed E-state index contributed by atoms with van der Waals surface area (Å²) in [6.07, 6.45) is 1.27. The molecule has 3 heteroatoms. The van der Waals surface area contributed by atoms with Crippen molar-refractivity contribution in [2.75, 3.05) is 12.3 Å². The van der Waals surface area contributed by atoms with Gasteiger partial charge in [-0.3, -0.25) is 0 Å². The van der Waals surface area contributed by atoms with Crippen LogP contribution in [-0.4, -0.2) is 18.0 Å². The third-order valence-electron chi connectivity index (χ3n) is 1.32. The summed E-state index contributed by atoms with van der Waals surface area (Å²) in [6.45, 7) is 4.67. The molecule has 0 unspecified atom stereocenters. The lowest BCUT2D eigenvalue weighted by Gasteiger charge is -2.20. The zero-order valence-corrected chi connectivity index (χ0v) is 7.01. The Hall–Kier alpha value is 0.290. The lowest BCUT2D eigenvalue weighted by atomic mass is 10.8. The van der Waals surface area contributed by atoms with Crippen molar-refractivity contribution < 1.29 is 8.78 Å². The van der Waals surface area contributed by atoms with Gasteiger partial charge in [0.15, 0.2) is 0 Å². The highest BCUT2D eigenvalue weighted by molar-refractivity contribution is 7.58. The van der Waals surface area contributed by atoms with Crippen molar-refractivity contribution in [2.24, 2.45) is 0 Å². The molecule has 0 N–H and O–H groups in total. The molecule has 0 spiro atoms. The molecule has 0 aromatic carbocycles. The molecule has 0 aromatic rings. The second-order valence-electron chi connectivity index (χ2n) is 2.01. The maximum absolute atomic E-state index is 12.4. The number of hydrogen-bond donors (Lipinski definition) is 0. The van der Waals surface area contributed by atoms with Gasteiger partial charge in [-0.25, -0.2) is 8.78 Å². The molecule has 0 amide bonds. The lowest BCUT2D eigenvalue weighted by Crippen LogP contribution is -2.09. The van der Waals surface area contributed by atoms with Gasteiger partial charge < -0.3 is 0 Å². The minimum Gasteiger partial charge on any atom is -0.202 e. The topological polar surface area (TPSA) is 0 Å². The van der Waals surface area contributed by atoms with Gasteiger partial charge in [0.25, 0.3) is 5.66 Å². The first-order valence-corrected chi connectivity index (χ1v) is 4.86. The molecule has 0 heterocycles. The Balaban J connectivity index is 3.79. The van der Waals surface area contributed by atoms with Gasteiger partial charge in [0, 0.05) is 6.92 Å². The van der Waals surface area contributed by atoms with E-state index in [0.29, 0.717) is 12.3 Å². The largest absolute Gasteiger partial charge is 0.261 e. The zero-order valence-electron chi connectivity index (χ0n) is 6.12. The van der Waals surface area contributed by atoms with Crippen LogP contribution in [0.25, 0.3) is 0 Å². The highest BCUT2D eigenvalue weighted by Gasteiger charge is 2.29. The van der Waals surface area contributed by atoms with Crippen LogP contribution >= 0.6 is 7.92 Å². The summed E-state index contributed by atoms with van der Waals surface area (Å²) in [6, 6.07) is 0. The third-order valence-corrected chi connectivity index (χ3v) is 3.96. The van der Waals surface area contributed by atoms with E-state index in [9.17, 15) is 8.78 Å². The van der Waals surface area contributed by atoms with Crippen LogP contribution in [0.5, 0.6) is 0 Å². The Morgan fingerprint density at radius 2 is 1.56 bits per heavy atom. The van der Waals surface area contributed by atoms with E-state index in [2.05, 4.69) is 0 Å². The monoisotopic (exact) mass is 154 g/mol. The fourth-order valence-electron chi connectivity index (χ4n) is 0.779. The predicted octanol–water partition coefficient (Wildman–Crippen LogP) is 3.12. The average Bonchev–Trinajstić information content (AvgIpc) is 1.65. The maximum atomic E-state index is 12.4. The fourth-order valence-corrected chi connectivity index (χ4v) is 2.34. The van der Waals surface area contributed by atoms with Gasteiger partial charge in [0.2, 0.25) is 0 Å². The summed E-state index contributed by atoms with van der Waals surface area (Å²) in [5.74, 6) is 0. The molecule has 9 heavy (non-hydrogen) atoms. The summed E-state index contributed by atoms with van der Waals surface area (Å²) >= 11 is 0. The number of alkyl halides is 2. The van der Waals surface area contributed by atoms with E-state index in [4.69, 9.17) is 0 Å². The van der Waals surface area contributed by atoms with Crippen LogP contribution < -0.4 is 0 Å². The highest BCUT2D eigenvalue weighted by atomic mass is 31.1. The Kier molecular flexibility index (Phi) is 3.57. The molecule has 0 bridgehead atoms. The molecule has 0 aromatic heterocycles. The standard InChI is InChI=1S/C6H13F2P/c1-4-9(5-2)6(3,7)8/h4-5H2,1-3H3. The van der Waals surface area contributed by atoms with E-state index in [1.165, 1.54) is 0 Å². The van der Waals surface area contributed by atoms with E-state index < -0.39 is 13.6 Å². The zero-order chi connectivity index (χ0) is 7.49. The van der Waals surface area contributed by atoms with Gasteiger partial charge in [0.1, 0.15) is 0 Å². The Morgan fingerprint density at radius 3 is 1.56 bits per heavy atom. The summed E-state index contributed by atoms with van der Waals surface area (Å²) in [7, 11) is -1.03. The lowest BCUT2D eigenvalue weighted by molar-refractivity contribution is 0.121. The summed E-state index contributed by atoms with van der Waals surface area (Å²) in [5.41, 5.74) is -2.42. The Bertz CT molecular complexity index is 73.6. The molecule has 0 saturated heterocycles. The molecule has 0 saturated carbocycles. The molecule has 0 nitrogen and oxygen atoms in total. The Labute approximate surface area is 56.4 Å². The van der Waals surface area contributed by atoms with E-state index >= 15 is 0 Å². The molecule has 0 fully saturated rings. The number of rotatable bonds is 3. The van der Waals surface area contributed by atoms with Crippen molar-refractivity contribution in [2.45, 2.75) is 26.4 Å². The van der Waals surface area contributed by atoms with Gasteiger partial charge in [-0.15, -0.1) is 0 Å². The summed E-state index contributed by atoms with van der Waals surface area (Å²) in [5, 5.41) is 0. The second kappa shape index (κ2) is 3.46. The number of halogens is 2. The number of hydrogen-bond acceptors (Lipinski definition) is 0. The van der Waals surface area contributed by atoms with E-state index in [1.54, 1.807) is 0 Å². The maximum Gasteiger partial charge on any atom is 0.261 e. The van der Waals surface area contributed by atoms with E-state index in [0.717, 1.165) is 6.92 Å². The van der Waals surface area contributed by atoms with Crippen LogP contribution in [-0.2, 0) is 0 Å². The molecule has 0 aliphatic carbocycles. The summed E-state index contributed by atoms with van der Waals surface area (Å²) < 4.78 is 24.8. The van der Waals surface area contributed by atoms with Crippen LogP contribution in [0.2, 0.25) is 0 Å². The van der Waals surface area contributed by atoms with Crippen LogP contribution in [0.3, 0.4) is 0 Å². The van der Waals surface area contributed by atoms with Crippen molar-refractivity contribution in [3.8, 4) is 0 Å². The molecule has 0 rings (SSSR count). The molecule has 56 valence electrons. The second-order valence-corrected chi connectivity index (χ2v) is 5.14. The predicted molar refractivity (Wildman–Crippen MR) is 38.6 cm³/mol. The van der Waals surface area contributed by atoms with Crippen LogP contribution in [0, 0.1) is 0 Å². The van der Waals surface area contributed by atoms with Gasteiger partial charge in [-0.05, 0) is 20.2 Å².